The molecular weight excluding hydrogens is 309 g/mol. The molecule has 4 nitrogen and oxygen atoms in total. The van der Waals surface area contributed by atoms with Gasteiger partial charge in [-0.3, -0.25) is 4.79 Å². The zero-order valence-corrected chi connectivity index (χ0v) is 11.3. The van der Waals surface area contributed by atoms with Gasteiger partial charge in [-0.25, -0.2) is 0 Å². The summed E-state index contributed by atoms with van der Waals surface area (Å²) in [6.07, 6.45) is 2.93. The van der Waals surface area contributed by atoms with Crippen LogP contribution in [0.5, 0.6) is 0 Å². The second-order valence-corrected chi connectivity index (χ2v) is 5.30. The molecule has 1 saturated heterocycles. The van der Waals surface area contributed by atoms with Crippen molar-refractivity contribution in [3.63, 3.8) is 0 Å². The Morgan fingerprint density at radius 3 is 2.93 bits per heavy atom. The van der Waals surface area contributed by atoms with Crippen LogP contribution in [0.4, 0.5) is 0 Å². The van der Waals surface area contributed by atoms with Gasteiger partial charge in [-0.1, -0.05) is 22.6 Å². The van der Waals surface area contributed by atoms with Gasteiger partial charge in [0.1, 0.15) is 3.92 Å². The maximum absolute atomic E-state index is 11.1. The number of alkyl halides is 1. The molecular formula is C10H18INO3. The van der Waals surface area contributed by atoms with Crippen LogP contribution in [-0.2, 0) is 14.3 Å². The molecule has 0 aromatic heterocycles. The quantitative estimate of drug-likeness (QED) is 0.467. The second-order valence-electron chi connectivity index (χ2n) is 3.80. The smallest absolute Gasteiger partial charge is 0.319 e. The summed E-state index contributed by atoms with van der Waals surface area (Å²) in [5.74, 6) is -0.177. The van der Waals surface area contributed by atoms with Crippen molar-refractivity contribution >= 4 is 28.6 Å². The average Bonchev–Trinajstić information content (AvgIpc) is 2.63. The molecule has 15 heavy (non-hydrogen) atoms. The minimum atomic E-state index is -0.177. The lowest BCUT2D eigenvalue weighted by Gasteiger charge is -2.13. The Morgan fingerprint density at radius 2 is 2.40 bits per heavy atom. The van der Waals surface area contributed by atoms with Crippen molar-refractivity contribution < 1.29 is 14.3 Å². The molecule has 0 radical (unpaired) electrons. The summed E-state index contributed by atoms with van der Waals surface area (Å²) in [6, 6.07) is 0. The van der Waals surface area contributed by atoms with Gasteiger partial charge >= 0.3 is 5.97 Å². The van der Waals surface area contributed by atoms with Gasteiger partial charge in [0.05, 0.1) is 19.3 Å². The van der Waals surface area contributed by atoms with Crippen LogP contribution in [0.3, 0.4) is 0 Å². The van der Waals surface area contributed by atoms with Crippen LogP contribution in [0, 0.1) is 0 Å². The van der Waals surface area contributed by atoms with Crippen molar-refractivity contribution in [3.05, 3.63) is 0 Å². The van der Waals surface area contributed by atoms with E-state index in [0.717, 1.165) is 19.4 Å². The first-order chi connectivity index (χ1) is 7.13. The molecule has 0 aliphatic carbocycles. The summed E-state index contributed by atoms with van der Waals surface area (Å²) in [7, 11) is 1.41. The lowest BCUT2D eigenvalue weighted by Crippen LogP contribution is -2.34. The van der Waals surface area contributed by atoms with Crippen molar-refractivity contribution in [2.45, 2.75) is 35.9 Å². The van der Waals surface area contributed by atoms with Crippen molar-refractivity contribution in [1.29, 1.82) is 0 Å². The zero-order chi connectivity index (χ0) is 11.3. The standard InChI is InChI=1S/C10H18INO3/c1-7-3-4-8(15-7)5-12-6-9(11)10(13)14-2/h7-9,12H,3-6H2,1-2H3. The first kappa shape index (κ1) is 13.2. The van der Waals surface area contributed by atoms with Crippen LogP contribution in [-0.4, -0.2) is 42.3 Å². The van der Waals surface area contributed by atoms with Crippen molar-refractivity contribution in [3.8, 4) is 0 Å². The molecule has 1 fully saturated rings. The number of carbonyl (C=O) groups excluding carboxylic acids is 1. The predicted octanol–water partition coefficient (Wildman–Crippen LogP) is 1.12. The summed E-state index contributed by atoms with van der Waals surface area (Å²) in [5.41, 5.74) is 0. The van der Waals surface area contributed by atoms with Crippen molar-refractivity contribution in [2.24, 2.45) is 0 Å². The third-order valence-electron chi connectivity index (χ3n) is 2.47. The number of methoxy groups -OCH3 is 1. The topological polar surface area (TPSA) is 47.6 Å². The third-order valence-corrected chi connectivity index (χ3v) is 3.42. The Hall–Kier alpha value is 0.120. The SMILES string of the molecule is COC(=O)C(I)CNCC1CCC(C)O1. The molecule has 0 bridgehead atoms. The van der Waals surface area contributed by atoms with Crippen LogP contribution in [0.2, 0.25) is 0 Å². The van der Waals surface area contributed by atoms with E-state index in [1.165, 1.54) is 7.11 Å². The fraction of sp³-hybridized carbons (Fsp3) is 0.900. The van der Waals surface area contributed by atoms with Gasteiger partial charge in [-0.05, 0) is 19.8 Å². The number of hydrogen-bond donors (Lipinski definition) is 1. The van der Waals surface area contributed by atoms with Crippen LogP contribution in [0.1, 0.15) is 19.8 Å². The van der Waals surface area contributed by atoms with Gasteiger partial charge < -0.3 is 14.8 Å². The molecule has 1 rings (SSSR count). The number of hydrogen-bond acceptors (Lipinski definition) is 4. The molecule has 0 aromatic carbocycles. The van der Waals surface area contributed by atoms with Gasteiger partial charge in [0, 0.05) is 13.1 Å². The maximum Gasteiger partial charge on any atom is 0.319 e. The highest BCUT2D eigenvalue weighted by Gasteiger charge is 2.22. The van der Waals surface area contributed by atoms with E-state index in [4.69, 9.17) is 4.74 Å². The van der Waals surface area contributed by atoms with E-state index in [-0.39, 0.29) is 9.89 Å². The Bertz CT molecular complexity index is 213. The minimum absolute atomic E-state index is 0.119. The number of rotatable bonds is 5. The lowest BCUT2D eigenvalue weighted by molar-refractivity contribution is -0.139. The second kappa shape index (κ2) is 6.65. The van der Waals surface area contributed by atoms with Gasteiger partial charge in [0.2, 0.25) is 0 Å². The Kier molecular flexibility index (Phi) is 5.84. The Balaban J connectivity index is 2.08. The molecule has 88 valence electrons. The number of ether oxygens (including phenoxy) is 2. The van der Waals surface area contributed by atoms with E-state index in [9.17, 15) is 4.79 Å². The highest BCUT2D eigenvalue weighted by atomic mass is 127. The highest BCUT2D eigenvalue weighted by Crippen LogP contribution is 2.18. The molecule has 0 spiro atoms. The number of esters is 1. The largest absolute Gasteiger partial charge is 0.468 e. The summed E-state index contributed by atoms with van der Waals surface area (Å²) < 4.78 is 10.2. The maximum atomic E-state index is 11.1. The first-order valence-electron chi connectivity index (χ1n) is 5.21. The molecule has 5 heteroatoms. The van der Waals surface area contributed by atoms with E-state index in [2.05, 4.69) is 39.6 Å². The fourth-order valence-electron chi connectivity index (χ4n) is 1.62. The molecule has 0 amide bonds. The predicted molar refractivity (Wildman–Crippen MR) is 66.3 cm³/mol. The molecule has 3 unspecified atom stereocenters. The highest BCUT2D eigenvalue weighted by molar-refractivity contribution is 14.1. The number of halogens is 1. The Labute approximate surface area is 104 Å². The molecule has 1 heterocycles. The summed E-state index contributed by atoms with van der Waals surface area (Å²) in [6.45, 7) is 3.55. The van der Waals surface area contributed by atoms with E-state index >= 15 is 0 Å². The van der Waals surface area contributed by atoms with Crippen LogP contribution >= 0.6 is 22.6 Å². The lowest BCUT2D eigenvalue weighted by atomic mass is 10.2. The first-order valence-corrected chi connectivity index (χ1v) is 6.46. The molecule has 0 aromatic rings. The summed E-state index contributed by atoms with van der Waals surface area (Å²) >= 11 is 2.08. The van der Waals surface area contributed by atoms with E-state index in [1.54, 1.807) is 0 Å². The molecule has 1 aliphatic rings. The average molecular weight is 327 g/mol. The number of nitrogens with one attached hydrogen (secondary N) is 1. The van der Waals surface area contributed by atoms with E-state index < -0.39 is 0 Å². The van der Waals surface area contributed by atoms with Gasteiger partial charge in [-0.2, -0.15) is 0 Å². The fourth-order valence-corrected chi connectivity index (χ4v) is 2.18. The summed E-state index contributed by atoms with van der Waals surface area (Å²) in [4.78, 5) is 11.1. The monoisotopic (exact) mass is 327 g/mol. The van der Waals surface area contributed by atoms with Crippen LogP contribution < -0.4 is 5.32 Å². The molecule has 3 atom stereocenters. The van der Waals surface area contributed by atoms with Gasteiger partial charge in [0.15, 0.2) is 0 Å². The third kappa shape index (κ3) is 4.65. The van der Waals surface area contributed by atoms with Crippen molar-refractivity contribution in [2.75, 3.05) is 20.2 Å². The molecule has 1 N–H and O–H groups in total. The summed E-state index contributed by atoms with van der Waals surface area (Å²) in [5, 5.41) is 3.23. The van der Waals surface area contributed by atoms with Crippen LogP contribution in [0.15, 0.2) is 0 Å². The Morgan fingerprint density at radius 1 is 1.67 bits per heavy atom. The minimum Gasteiger partial charge on any atom is -0.468 e. The molecule has 0 saturated carbocycles. The molecule has 1 aliphatic heterocycles. The van der Waals surface area contributed by atoms with Gasteiger partial charge in [-0.15, -0.1) is 0 Å². The van der Waals surface area contributed by atoms with E-state index in [1.807, 2.05) is 0 Å². The van der Waals surface area contributed by atoms with E-state index in [0.29, 0.717) is 18.8 Å². The van der Waals surface area contributed by atoms with Gasteiger partial charge in [0.25, 0.3) is 0 Å². The zero-order valence-electron chi connectivity index (χ0n) is 9.16. The van der Waals surface area contributed by atoms with Crippen LogP contribution in [0.25, 0.3) is 0 Å². The number of carbonyl (C=O) groups is 1. The van der Waals surface area contributed by atoms with Crippen molar-refractivity contribution in [1.82, 2.24) is 5.32 Å². The normalized spacial score (nSPS) is 27.7.